The van der Waals surface area contributed by atoms with Crippen LogP contribution in [-0.2, 0) is 6.54 Å². The average molecular weight is 330 g/mol. The van der Waals surface area contributed by atoms with Crippen LogP contribution in [0.15, 0.2) is 36.7 Å². The Hall–Kier alpha value is -2.54. The smallest absolute Gasteiger partial charge is 0.356 e. The van der Waals surface area contributed by atoms with Gasteiger partial charge in [-0.3, -0.25) is 4.90 Å². The Morgan fingerprint density at radius 3 is 2.50 bits per heavy atom. The Kier molecular flexibility index (Phi) is 5.00. The van der Waals surface area contributed by atoms with Crippen molar-refractivity contribution in [2.75, 3.05) is 18.4 Å². The van der Waals surface area contributed by atoms with Gasteiger partial charge in [0.15, 0.2) is 5.69 Å². The summed E-state index contributed by atoms with van der Waals surface area (Å²) >= 11 is 0. The second kappa shape index (κ2) is 7.35. The van der Waals surface area contributed by atoms with E-state index in [4.69, 9.17) is 5.11 Å². The molecular formula is C17H19FN4O2. The van der Waals surface area contributed by atoms with Crippen LogP contribution in [0.1, 0.15) is 28.9 Å². The van der Waals surface area contributed by atoms with Gasteiger partial charge in [0.25, 0.3) is 0 Å². The lowest BCUT2D eigenvalue weighted by Gasteiger charge is -2.32. The van der Waals surface area contributed by atoms with Crippen LogP contribution in [0.25, 0.3) is 0 Å². The first-order valence-corrected chi connectivity index (χ1v) is 7.89. The summed E-state index contributed by atoms with van der Waals surface area (Å²) < 4.78 is 12.9. The molecule has 1 saturated heterocycles. The van der Waals surface area contributed by atoms with Crippen LogP contribution in [0.2, 0.25) is 0 Å². The van der Waals surface area contributed by atoms with Crippen molar-refractivity contribution in [2.45, 2.75) is 25.4 Å². The molecular weight excluding hydrogens is 311 g/mol. The van der Waals surface area contributed by atoms with E-state index in [1.54, 1.807) is 0 Å². The molecule has 0 atom stereocenters. The van der Waals surface area contributed by atoms with Crippen LogP contribution in [-0.4, -0.2) is 45.1 Å². The predicted octanol–water partition coefficient (Wildman–Crippen LogP) is 2.39. The summed E-state index contributed by atoms with van der Waals surface area (Å²) in [5, 5.41) is 12.1. The van der Waals surface area contributed by atoms with E-state index in [0.29, 0.717) is 11.9 Å². The number of carboxylic acids is 1. The third-order valence-corrected chi connectivity index (χ3v) is 4.13. The lowest BCUT2D eigenvalue weighted by molar-refractivity contribution is 0.0690. The molecule has 2 N–H and O–H groups in total. The third-order valence-electron chi connectivity index (χ3n) is 4.13. The monoisotopic (exact) mass is 330 g/mol. The van der Waals surface area contributed by atoms with Crippen LogP contribution in [0, 0.1) is 5.82 Å². The summed E-state index contributed by atoms with van der Waals surface area (Å²) in [6.45, 7) is 2.70. The molecule has 1 aromatic carbocycles. The lowest BCUT2D eigenvalue weighted by atomic mass is 10.0. The Balaban J connectivity index is 1.48. The maximum Gasteiger partial charge on any atom is 0.356 e. The lowest BCUT2D eigenvalue weighted by Crippen LogP contribution is -2.38. The second-order valence-corrected chi connectivity index (χ2v) is 5.91. The summed E-state index contributed by atoms with van der Waals surface area (Å²) in [5.74, 6) is -0.697. The van der Waals surface area contributed by atoms with Crippen LogP contribution < -0.4 is 5.32 Å². The van der Waals surface area contributed by atoms with Crippen molar-refractivity contribution in [3.05, 3.63) is 53.7 Å². The molecule has 2 heterocycles. The number of aromatic nitrogens is 2. The molecule has 24 heavy (non-hydrogen) atoms. The van der Waals surface area contributed by atoms with Gasteiger partial charge in [0, 0.05) is 25.7 Å². The van der Waals surface area contributed by atoms with Crippen LogP contribution in [0.4, 0.5) is 10.2 Å². The van der Waals surface area contributed by atoms with Crippen molar-refractivity contribution in [3.8, 4) is 0 Å². The molecule has 0 amide bonds. The summed E-state index contributed by atoms with van der Waals surface area (Å²) in [5.41, 5.74) is 1.05. The number of carbonyl (C=O) groups is 1. The second-order valence-electron chi connectivity index (χ2n) is 5.91. The number of halogens is 1. The maximum absolute atomic E-state index is 12.9. The van der Waals surface area contributed by atoms with E-state index in [-0.39, 0.29) is 11.5 Å². The Labute approximate surface area is 139 Å². The molecule has 1 aliphatic rings. The summed E-state index contributed by atoms with van der Waals surface area (Å²) in [4.78, 5) is 21.0. The Morgan fingerprint density at radius 1 is 1.21 bits per heavy atom. The quantitative estimate of drug-likeness (QED) is 0.876. The highest BCUT2D eigenvalue weighted by Crippen LogP contribution is 2.17. The SMILES string of the molecule is O=C(O)c1cnc(NC2CCN(Cc3ccc(F)cc3)CC2)cn1. The molecule has 126 valence electrons. The van der Waals surface area contributed by atoms with Crippen molar-refractivity contribution in [1.29, 1.82) is 0 Å². The fourth-order valence-corrected chi connectivity index (χ4v) is 2.81. The number of benzene rings is 1. The van der Waals surface area contributed by atoms with Gasteiger partial charge in [0.05, 0.1) is 12.4 Å². The zero-order valence-corrected chi connectivity index (χ0v) is 13.2. The van der Waals surface area contributed by atoms with Gasteiger partial charge in [-0.05, 0) is 30.5 Å². The Bertz CT molecular complexity index is 683. The van der Waals surface area contributed by atoms with Gasteiger partial charge in [-0.25, -0.2) is 19.2 Å². The number of hydrogen-bond acceptors (Lipinski definition) is 5. The molecule has 0 unspecified atom stereocenters. The van der Waals surface area contributed by atoms with E-state index in [1.165, 1.54) is 24.5 Å². The van der Waals surface area contributed by atoms with Crippen molar-refractivity contribution in [1.82, 2.24) is 14.9 Å². The molecule has 7 heteroatoms. The van der Waals surface area contributed by atoms with Gasteiger partial charge in [0.1, 0.15) is 11.6 Å². The first-order valence-electron chi connectivity index (χ1n) is 7.89. The summed E-state index contributed by atoms with van der Waals surface area (Å²) in [6.07, 6.45) is 4.63. The minimum atomic E-state index is -1.08. The van der Waals surface area contributed by atoms with Crippen LogP contribution in [0.3, 0.4) is 0 Å². The van der Waals surface area contributed by atoms with E-state index in [0.717, 1.165) is 38.0 Å². The number of hydrogen-bond donors (Lipinski definition) is 2. The standard InChI is InChI=1S/C17H19FN4O2/c18-13-3-1-12(2-4-13)11-22-7-5-14(6-8-22)21-16-10-19-15(9-20-16)17(23)24/h1-4,9-10,14H,5-8,11H2,(H,20,21)(H,23,24). The fourth-order valence-electron chi connectivity index (χ4n) is 2.81. The number of anilines is 1. The topological polar surface area (TPSA) is 78.3 Å². The molecule has 0 spiro atoms. The van der Waals surface area contributed by atoms with Gasteiger partial charge >= 0.3 is 5.97 Å². The van der Waals surface area contributed by atoms with Crippen molar-refractivity contribution < 1.29 is 14.3 Å². The van der Waals surface area contributed by atoms with E-state index in [2.05, 4.69) is 20.2 Å². The number of likely N-dealkylation sites (tertiary alicyclic amines) is 1. The van der Waals surface area contributed by atoms with Gasteiger partial charge in [-0.2, -0.15) is 0 Å². The molecule has 6 nitrogen and oxygen atoms in total. The summed E-state index contributed by atoms with van der Waals surface area (Å²) in [6, 6.07) is 6.91. The fraction of sp³-hybridized carbons (Fsp3) is 0.353. The first-order chi connectivity index (χ1) is 11.6. The zero-order valence-electron chi connectivity index (χ0n) is 13.2. The number of rotatable bonds is 5. The molecule has 1 aromatic heterocycles. The molecule has 0 bridgehead atoms. The van der Waals surface area contributed by atoms with Gasteiger partial charge < -0.3 is 10.4 Å². The number of nitrogens with one attached hydrogen (secondary N) is 1. The predicted molar refractivity (Wildman–Crippen MR) is 87.3 cm³/mol. The third kappa shape index (κ3) is 4.26. The first kappa shape index (κ1) is 16.3. The van der Waals surface area contributed by atoms with Crippen molar-refractivity contribution >= 4 is 11.8 Å². The number of piperidine rings is 1. The minimum Gasteiger partial charge on any atom is -0.476 e. The van der Waals surface area contributed by atoms with E-state index in [9.17, 15) is 9.18 Å². The highest BCUT2D eigenvalue weighted by atomic mass is 19.1. The molecule has 1 aliphatic heterocycles. The molecule has 2 aromatic rings. The van der Waals surface area contributed by atoms with Gasteiger partial charge in [-0.1, -0.05) is 12.1 Å². The molecule has 1 fully saturated rings. The molecule has 0 saturated carbocycles. The Morgan fingerprint density at radius 2 is 1.92 bits per heavy atom. The highest BCUT2D eigenvalue weighted by Gasteiger charge is 2.19. The number of carboxylic acid groups (broad SMARTS) is 1. The van der Waals surface area contributed by atoms with Gasteiger partial charge in [0.2, 0.25) is 0 Å². The minimum absolute atomic E-state index is 0.0605. The van der Waals surface area contributed by atoms with E-state index >= 15 is 0 Å². The summed E-state index contributed by atoms with van der Waals surface area (Å²) in [7, 11) is 0. The molecule has 0 aliphatic carbocycles. The van der Waals surface area contributed by atoms with Crippen LogP contribution >= 0.6 is 0 Å². The average Bonchev–Trinajstić information content (AvgIpc) is 2.59. The maximum atomic E-state index is 12.9. The van der Waals surface area contributed by atoms with E-state index < -0.39 is 5.97 Å². The van der Waals surface area contributed by atoms with Crippen molar-refractivity contribution in [2.24, 2.45) is 0 Å². The molecule has 0 radical (unpaired) electrons. The molecule has 3 rings (SSSR count). The van der Waals surface area contributed by atoms with E-state index in [1.807, 2.05) is 12.1 Å². The number of nitrogens with zero attached hydrogens (tertiary/aromatic N) is 3. The van der Waals surface area contributed by atoms with Crippen molar-refractivity contribution in [3.63, 3.8) is 0 Å². The van der Waals surface area contributed by atoms with Crippen LogP contribution in [0.5, 0.6) is 0 Å². The zero-order chi connectivity index (χ0) is 16.9. The largest absolute Gasteiger partial charge is 0.476 e. The number of aromatic carboxylic acids is 1. The van der Waals surface area contributed by atoms with Gasteiger partial charge in [-0.15, -0.1) is 0 Å². The highest BCUT2D eigenvalue weighted by molar-refractivity contribution is 5.84. The normalized spacial score (nSPS) is 16.0.